The van der Waals surface area contributed by atoms with Gasteiger partial charge in [-0.15, -0.1) is 0 Å². The van der Waals surface area contributed by atoms with E-state index < -0.39 is 29.0 Å². The monoisotopic (exact) mass is 1090 g/mol. The van der Waals surface area contributed by atoms with Crippen LogP contribution in [0.2, 0.25) is 0 Å². The minimum Gasteiger partial charge on any atom is -0.506 e. The van der Waals surface area contributed by atoms with Crippen LogP contribution in [-0.4, -0.2) is 19.8 Å². The number of phenolic OH excluding ortho intramolecular Hbond substituents is 1. The normalized spacial score (nSPS) is 11.7. The first-order chi connectivity index (χ1) is 33.2. The third kappa shape index (κ3) is 48.0. The maximum absolute atomic E-state index is 12.7. The Bertz CT molecular complexity index is 1240. The molecule has 0 aliphatic carbocycles. The molecular weight excluding hydrogens is 975 g/mol. The fourth-order valence-corrected chi connectivity index (χ4v) is 11.4. The molecule has 1 rings (SSSR count). The number of phosphoric acid groups is 1. The minimum atomic E-state index is -4.64. The summed E-state index contributed by atoms with van der Waals surface area (Å²) in [6, 6.07) is 2.42. The maximum atomic E-state index is 12.7. The average Bonchev–Trinajstić information content (AvgIpc) is 3.31. The van der Waals surface area contributed by atoms with Crippen LogP contribution >= 0.6 is 29.0 Å². The van der Waals surface area contributed by atoms with E-state index in [0.717, 1.165) is 41.2 Å². The summed E-state index contributed by atoms with van der Waals surface area (Å²) in [6.07, 6.45) is 69.6. The van der Waals surface area contributed by atoms with Crippen molar-refractivity contribution in [3.8, 4) is 5.75 Å². The molecule has 0 fully saturated rings. The van der Waals surface area contributed by atoms with Crippen LogP contribution in [0.15, 0.2) is 6.07 Å². The molecule has 1 aromatic carbocycles. The highest BCUT2D eigenvalue weighted by Gasteiger charge is 2.18. The van der Waals surface area contributed by atoms with Gasteiger partial charge in [-0.3, -0.25) is 3.07 Å². The van der Waals surface area contributed by atoms with Crippen molar-refractivity contribution >= 4 is 29.0 Å². The molecule has 1 aromatic rings. The van der Waals surface area contributed by atoms with Crippen molar-refractivity contribution in [1.82, 2.24) is 0 Å². The van der Waals surface area contributed by atoms with Gasteiger partial charge in [0, 0.05) is 0 Å². The molecule has 0 amide bonds. The summed E-state index contributed by atoms with van der Waals surface area (Å²) in [5, 5.41) is 11.7. The molecule has 0 unspecified atom stereocenters. The van der Waals surface area contributed by atoms with Gasteiger partial charge in [-0.05, 0) is 55.2 Å². The molecule has 68 heavy (non-hydrogen) atoms. The van der Waals surface area contributed by atoms with Crippen molar-refractivity contribution in [2.75, 3.05) is 0 Å². The zero-order valence-corrected chi connectivity index (χ0v) is 48.6. The lowest BCUT2D eigenvalue weighted by atomic mass is 9.92. The van der Waals surface area contributed by atoms with Crippen LogP contribution in [0.1, 0.15) is 346 Å². The van der Waals surface area contributed by atoms with Gasteiger partial charge in [-0.25, -0.2) is 4.57 Å². The summed E-state index contributed by atoms with van der Waals surface area (Å²) < 4.78 is 22.4. The SMILES string of the molecule is CCCCCCCCCCCCCCCCCCc1cc(CCCCCCCCCCCCCCCCCC)c(I=O)c(O)c1CCCCCCCCCCCCCCCCCC.O=P(O)(O)O. The number of aromatic hydroxyl groups is 1. The van der Waals surface area contributed by atoms with E-state index >= 15 is 0 Å². The second kappa shape index (κ2) is 53.0. The van der Waals surface area contributed by atoms with E-state index in [-0.39, 0.29) is 0 Å². The first-order valence-corrected chi connectivity index (χ1v) is 33.6. The Morgan fingerprint density at radius 2 is 0.529 bits per heavy atom. The summed E-state index contributed by atoms with van der Waals surface area (Å²) in [5.74, 6) is 0.430. The first kappa shape index (κ1) is 67.7. The largest absolute Gasteiger partial charge is 0.506 e. The minimum absolute atomic E-state index is 0.430. The van der Waals surface area contributed by atoms with Crippen molar-refractivity contribution in [1.29, 1.82) is 0 Å². The van der Waals surface area contributed by atoms with Gasteiger partial charge >= 0.3 is 7.82 Å². The van der Waals surface area contributed by atoms with Gasteiger partial charge in [-0.2, -0.15) is 0 Å². The molecular formula is C60H116IO6P. The molecule has 0 spiro atoms. The van der Waals surface area contributed by atoms with Crippen LogP contribution in [-0.2, 0) is 26.9 Å². The van der Waals surface area contributed by atoms with E-state index in [0.29, 0.717) is 5.75 Å². The van der Waals surface area contributed by atoms with Crippen molar-refractivity contribution in [2.45, 2.75) is 348 Å². The number of aryl methyl sites for hydroxylation is 2. The molecule has 6 nitrogen and oxygen atoms in total. The molecule has 0 radical (unpaired) electrons. The van der Waals surface area contributed by atoms with Crippen LogP contribution in [0.5, 0.6) is 5.75 Å². The summed E-state index contributed by atoms with van der Waals surface area (Å²) in [7, 11) is -4.64. The first-order valence-electron chi connectivity index (χ1n) is 30.1. The molecule has 0 bridgehead atoms. The van der Waals surface area contributed by atoms with Gasteiger partial charge in [0.25, 0.3) is 0 Å². The molecule has 0 aliphatic rings. The van der Waals surface area contributed by atoms with E-state index in [4.69, 9.17) is 19.2 Å². The Balaban J connectivity index is 0.00000848. The quantitative estimate of drug-likeness (QED) is 0.0294. The molecule has 404 valence electrons. The Morgan fingerprint density at radius 1 is 0.338 bits per heavy atom. The molecule has 0 saturated heterocycles. The number of phenols is 1. The van der Waals surface area contributed by atoms with Crippen LogP contribution in [0, 0.1) is 3.57 Å². The number of hydrogen-bond acceptors (Lipinski definition) is 3. The van der Waals surface area contributed by atoms with Gasteiger partial charge in [-0.1, -0.05) is 316 Å². The topological polar surface area (TPSA) is 115 Å². The van der Waals surface area contributed by atoms with Gasteiger partial charge in [0.1, 0.15) is 5.75 Å². The van der Waals surface area contributed by atoms with Crippen molar-refractivity contribution in [2.24, 2.45) is 0 Å². The van der Waals surface area contributed by atoms with E-state index in [1.165, 1.54) is 306 Å². The van der Waals surface area contributed by atoms with Gasteiger partial charge < -0.3 is 19.8 Å². The lowest BCUT2D eigenvalue weighted by molar-refractivity contribution is 0.275. The van der Waals surface area contributed by atoms with Crippen molar-refractivity contribution in [3.05, 3.63) is 26.3 Å². The van der Waals surface area contributed by atoms with Gasteiger partial charge in [0.2, 0.25) is 0 Å². The predicted molar refractivity (Wildman–Crippen MR) is 306 cm³/mol. The zero-order valence-electron chi connectivity index (χ0n) is 45.6. The zero-order chi connectivity index (χ0) is 49.9. The summed E-state index contributed by atoms with van der Waals surface area (Å²) >= 11 is -1.39. The fourth-order valence-electron chi connectivity index (χ4n) is 10.1. The van der Waals surface area contributed by atoms with Crippen LogP contribution in [0.4, 0.5) is 0 Å². The smallest absolute Gasteiger partial charge is 0.466 e. The lowest BCUT2D eigenvalue weighted by Crippen LogP contribution is -2.03. The Morgan fingerprint density at radius 3 is 0.750 bits per heavy atom. The average molecular weight is 1090 g/mol. The van der Waals surface area contributed by atoms with Crippen LogP contribution in [0.25, 0.3) is 0 Å². The highest BCUT2D eigenvalue weighted by molar-refractivity contribution is 14.1. The van der Waals surface area contributed by atoms with Crippen molar-refractivity contribution < 1.29 is 27.4 Å². The highest BCUT2D eigenvalue weighted by Crippen LogP contribution is 2.36. The summed E-state index contributed by atoms with van der Waals surface area (Å²) in [5.41, 5.74) is 3.75. The van der Waals surface area contributed by atoms with E-state index in [1.807, 2.05) is 0 Å². The number of rotatable bonds is 52. The molecule has 4 N–H and O–H groups in total. The lowest BCUT2D eigenvalue weighted by Gasteiger charge is -2.17. The predicted octanol–water partition coefficient (Wildman–Crippen LogP) is 21.4. The second-order valence-corrected chi connectivity index (χ2v) is 23.6. The Labute approximate surface area is 434 Å². The standard InChI is InChI=1S/C60H113IO2.H3O4P/c1-4-7-10-13-16-19-22-25-28-31-34-37-40-43-46-49-52-56-55-57(53-50-47-44-41-38-35-32-29-26-23-20-17-14-11-8-5-2)59(61-63)60(62)58(56)54-51-48-45-42-39-36-33-30-27-24-21-18-15-12-9-6-3;1-5(2,3)4/h55,62H,4-54H2,1-3H3;(H3,1,2,3,4). The van der Waals surface area contributed by atoms with E-state index in [9.17, 15) is 8.18 Å². The number of hydrogen-bond donors (Lipinski definition) is 4. The highest BCUT2D eigenvalue weighted by atomic mass is 127. The third-order valence-electron chi connectivity index (χ3n) is 14.5. The van der Waals surface area contributed by atoms with E-state index in [2.05, 4.69) is 26.8 Å². The summed E-state index contributed by atoms with van der Waals surface area (Å²) in [4.78, 5) is 21.6. The van der Waals surface area contributed by atoms with Gasteiger partial charge in [0.05, 0.1) is 3.57 Å². The number of benzene rings is 1. The third-order valence-corrected chi connectivity index (χ3v) is 16.1. The molecule has 0 aromatic heterocycles. The maximum Gasteiger partial charge on any atom is 0.466 e. The van der Waals surface area contributed by atoms with E-state index in [1.54, 1.807) is 0 Å². The Kier molecular flexibility index (Phi) is 52.7. The van der Waals surface area contributed by atoms with Crippen LogP contribution < -0.4 is 0 Å². The number of halogens is 1. The molecule has 0 saturated carbocycles. The second-order valence-electron chi connectivity index (χ2n) is 21.1. The van der Waals surface area contributed by atoms with Gasteiger partial charge in [0.15, 0.2) is 21.2 Å². The van der Waals surface area contributed by atoms with Crippen LogP contribution in [0.3, 0.4) is 0 Å². The molecule has 0 atom stereocenters. The Hall–Kier alpha value is -0.340. The van der Waals surface area contributed by atoms with Crippen molar-refractivity contribution in [3.63, 3.8) is 0 Å². The molecule has 0 heterocycles. The molecule has 8 heteroatoms. The fraction of sp³-hybridized carbons (Fsp3) is 0.900. The molecule has 0 aliphatic heterocycles. The summed E-state index contributed by atoms with van der Waals surface area (Å²) in [6.45, 7) is 6.91. The number of unbranched alkanes of at least 4 members (excludes halogenated alkanes) is 45.